The van der Waals surface area contributed by atoms with Crippen LogP contribution in [0, 0.1) is 5.92 Å². The van der Waals surface area contributed by atoms with Crippen molar-refractivity contribution in [3.63, 3.8) is 0 Å². The molecule has 6 heteroatoms. The number of alkyl halides is 3. The van der Waals surface area contributed by atoms with Crippen LogP contribution in [0.1, 0.15) is 38.3 Å². The van der Waals surface area contributed by atoms with E-state index in [-0.39, 0.29) is 18.9 Å². The molecule has 124 valence electrons. The summed E-state index contributed by atoms with van der Waals surface area (Å²) in [4.78, 5) is 12.1. The van der Waals surface area contributed by atoms with Gasteiger partial charge in [-0.05, 0) is 30.9 Å². The minimum atomic E-state index is -4.41. The number of halogens is 3. The Labute approximate surface area is 129 Å². The molecule has 0 bridgehead atoms. The molecule has 1 aromatic rings. The van der Waals surface area contributed by atoms with E-state index in [1.54, 1.807) is 0 Å². The largest absolute Gasteiger partial charge is 0.416 e. The molecular weight excluding hydrogens is 293 g/mol. The summed E-state index contributed by atoms with van der Waals surface area (Å²) in [5, 5.41) is 2.84. The molecule has 0 radical (unpaired) electrons. The summed E-state index contributed by atoms with van der Waals surface area (Å²) in [6, 6.07) is 4.81. The minimum absolute atomic E-state index is 0.0996. The van der Waals surface area contributed by atoms with E-state index in [9.17, 15) is 18.0 Å². The molecule has 3 nitrogen and oxygen atoms in total. The van der Waals surface area contributed by atoms with Crippen LogP contribution in [0.5, 0.6) is 0 Å². The number of nitrogens with two attached hydrogens (primary N) is 1. The third-order valence-corrected chi connectivity index (χ3v) is 3.37. The van der Waals surface area contributed by atoms with Gasteiger partial charge < -0.3 is 11.1 Å². The smallest absolute Gasteiger partial charge is 0.349 e. The van der Waals surface area contributed by atoms with E-state index < -0.39 is 17.3 Å². The highest BCUT2D eigenvalue weighted by molar-refractivity contribution is 5.79. The molecule has 1 unspecified atom stereocenters. The Balaban J connectivity index is 2.77. The molecule has 1 atom stereocenters. The maximum atomic E-state index is 12.7. The molecule has 0 aliphatic carbocycles. The van der Waals surface area contributed by atoms with Gasteiger partial charge in [-0.3, -0.25) is 4.79 Å². The van der Waals surface area contributed by atoms with Crippen LogP contribution in [0.2, 0.25) is 0 Å². The van der Waals surface area contributed by atoms with Gasteiger partial charge in [-0.15, -0.1) is 0 Å². The normalized spacial score (nSPS) is 14.7. The fourth-order valence-electron chi connectivity index (χ4n) is 2.51. The van der Waals surface area contributed by atoms with Crippen LogP contribution >= 0.6 is 0 Å². The van der Waals surface area contributed by atoms with Gasteiger partial charge in [-0.1, -0.05) is 32.0 Å². The average Bonchev–Trinajstić information content (AvgIpc) is 2.36. The second kappa shape index (κ2) is 7.13. The van der Waals surface area contributed by atoms with Crippen molar-refractivity contribution in [3.05, 3.63) is 35.4 Å². The van der Waals surface area contributed by atoms with Gasteiger partial charge in [-0.2, -0.15) is 13.2 Å². The molecule has 0 heterocycles. The molecule has 0 aromatic heterocycles. The van der Waals surface area contributed by atoms with Crippen LogP contribution in [0.3, 0.4) is 0 Å². The van der Waals surface area contributed by atoms with Crippen molar-refractivity contribution in [2.24, 2.45) is 11.7 Å². The van der Waals surface area contributed by atoms with Crippen molar-refractivity contribution in [2.75, 3.05) is 6.54 Å². The fourth-order valence-corrected chi connectivity index (χ4v) is 2.51. The number of carbonyl (C=O) groups is 1. The topological polar surface area (TPSA) is 55.1 Å². The van der Waals surface area contributed by atoms with Crippen LogP contribution in [-0.2, 0) is 17.4 Å². The Morgan fingerprint density at radius 3 is 2.45 bits per heavy atom. The molecule has 0 aliphatic heterocycles. The number of amides is 1. The van der Waals surface area contributed by atoms with E-state index in [2.05, 4.69) is 5.32 Å². The third kappa shape index (κ3) is 5.67. The van der Waals surface area contributed by atoms with Crippen molar-refractivity contribution in [2.45, 2.75) is 45.3 Å². The van der Waals surface area contributed by atoms with Gasteiger partial charge in [-0.25, -0.2) is 0 Å². The number of carbonyl (C=O) groups excluding carboxylic acids is 1. The van der Waals surface area contributed by atoms with Gasteiger partial charge in [0.1, 0.15) is 0 Å². The minimum Gasteiger partial charge on any atom is -0.349 e. The van der Waals surface area contributed by atoms with Crippen molar-refractivity contribution in [1.82, 2.24) is 5.32 Å². The Morgan fingerprint density at radius 2 is 1.95 bits per heavy atom. The third-order valence-electron chi connectivity index (χ3n) is 3.37. The second-order valence-electron chi connectivity index (χ2n) is 6.29. The molecular formula is C16H23F3N2O. The molecule has 1 amide bonds. The Morgan fingerprint density at radius 1 is 1.32 bits per heavy atom. The molecule has 3 N–H and O–H groups in total. The summed E-state index contributed by atoms with van der Waals surface area (Å²) in [6.07, 6.45) is -3.80. The SMILES string of the molecule is CC(C)CC(C)(CN)NC(=O)Cc1cccc(C(F)(F)F)c1. The first-order valence-electron chi connectivity index (χ1n) is 7.23. The van der Waals surface area contributed by atoms with Gasteiger partial charge in [0.2, 0.25) is 5.91 Å². The maximum Gasteiger partial charge on any atom is 0.416 e. The number of hydrogen-bond donors (Lipinski definition) is 2. The highest BCUT2D eigenvalue weighted by Crippen LogP contribution is 2.29. The quantitative estimate of drug-likeness (QED) is 0.847. The first-order chi connectivity index (χ1) is 10.1. The summed E-state index contributed by atoms with van der Waals surface area (Å²) in [7, 11) is 0. The van der Waals surface area contributed by atoms with Gasteiger partial charge in [0.25, 0.3) is 0 Å². The standard InChI is InChI=1S/C16H23F3N2O/c1-11(2)9-15(3,10-20)21-14(22)8-12-5-4-6-13(7-12)16(17,18)19/h4-7,11H,8-10,20H2,1-3H3,(H,21,22). The van der Waals surface area contributed by atoms with Crippen LogP contribution in [-0.4, -0.2) is 18.0 Å². The van der Waals surface area contributed by atoms with Crippen molar-refractivity contribution in [1.29, 1.82) is 0 Å². The summed E-state index contributed by atoms with van der Waals surface area (Å²) in [5.41, 5.74) is 4.75. The molecule has 0 spiro atoms. The zero-order valence-corrected chi connectivity index (χ0v) is 13.1. The van der Waals surface area contributed by atoms with Crippen LogP contribution < -0.4 is 11.1 Å². The Bertz CT molecular complexity index is 514. The lowest BCUT2D eigenvalue weighted by Gasteiger charge is -2.31. The lowest BCUT2D eigenvalue weighted by Crippen LogP contribution is -2.52. The van der Waals surface area contributed by atoms with Gasteiger partial charge >= 0.3 is 6.18 Å². The zero-order chi connectivity index (χ0) is 17.0. The monoisotopic (exact) mass is 316 g/mol. The predicted molar refractivity (Wildman–Crippen MR) is 80.2 cm³/mol. The summed E-state index contributed by atoms with van der Waals surface area (Å²) >= 11 is 0. The molecule has 1 aromatic carbocycles. The summed E-state index contributed by atoms with van der Waals surface area (Å²) < 4.78 is 38.0. The average molecular weight is 316 g/mol. The van der Waals surface area contributed by atoms with Gasteiger partial charge in [0, 0.05) is 12.1 Å². The van der Waals surface area contributed by atoms with E-state index in [4.69, 9.17) is 5.73 Å². The van der Waals surface area contributed by atoms with E-state index in [0.29, 0.717) is 17.9 Å². The first-order valence-corrected chi connectivity index (χ1v) is 7.23. The molecule has 1 rings (SSSR count). The number of rotatable bonds is 6. The molecule has 0 saturated carbocycles. The Hall–Kier alpha value is -1.56. The van der Waals surface area contributed by atoms with Crippen molar-refractivity contribution in [3.8, 4) is 0 Å². The van der Waals surface area contributed by atoms with E-state index in [1.165, 1.54) is 12.1 Å². The Kier molecular flexibility index (Phi) is 6.00. The van der Waals surface area contributed by atoms with Crippen LogP contribution in [0.25, 0.3) is 0 Å². The summed E-state index contributed by atoms with van der Waals surface area (Å²) in [6.45, 7) is 6.16. The lowest BCUT2D eigenvalue weighted by atomic mass is 9.90. The van der Waals surface area contributed by atoms with Crippen molar-refractivity contribution < 1.29 is 18.0 Å². The molecule has 22 heavy (non-hydrogen) atoms. The van der Waals surface area contributed by atoms with E-state index >= 15 is 0 Å². The first kappa shape index (κ1) is 18.5. The fraction of sp³-hybridized carbons (Fsp3) is 0.562. The van der Waals surface area contributed by atoms with Crippen LogP contribution in [0.4, 0.5) is 13.2 Å². The maximum absolute atomic E-state index is 12.7. The van der Waals surface area contributed by atoms with E-state index in [1.807, 2.05) is 20.8 Å². The van der Waals surface area contributed by atoms with E-state index in [0.717, 1.165) is 12.1 Å². The molecule has 0 fully saturated rings. The summed E-state index contributed by atoms with van der Waals surface area (Å²) in [5.74, 6) is 0.0235. The number of nitrogens with one attached hydrogen (secondary N) is 1. The lowest BCUT2D eigenvalue weighted by molar-refractivity contribution is -0.137. The van der Waals surface area contributed by atoms with Crippen molar-refractivity contribution >= 4 is 5.91 Å². The predicted octanol–water partition coefficient (Wildman–Crippen LogP) is 3.13. The van der Waals surface area contributed by atoms with Gasteiger partial charge in [0.15, 0.2) is 0 Å². The molecule has 0 saturated heterocycles. The number of benzene rings is 1. The van der Waals surface area contributed by atoms with Gasteiger partial charge in [0.05, 0.1) is 12.0 Å². The highest BCUT2D eigenvalue weighted by Gasteiger charge is 2.31. The number of hydrogen-bond acceptors (Lipinski definition) is 2. The highest BCUT2D eigenvalue weighted by atomic mass is 19.4. The zero-order valence-electron chi connectivity index (χ0n) is 13.1. The molecule has 0 aliphatic rings. The second-order valence-corrected chi connectivity index (χ2v) is 6.29. The van der Waals surface area contributed by atoms with Crippen LogP contribution in [0.15, 0.2) is 24.3 Å².